The van der Waals surface area contributed by atoms with Crippen LogP contribution in [0.4, 0.5) is 4.39 Å². The molecule has 38 heavy (non-hydrogen) atoms. The van der Waals surface area contributed by atoms with Gasteiger partial charge >= 0.3 is 0 Å². The van der Waals surface area contributed by atoms with Crippen LogP contribution < -0.4 is 0 Å². The molecule has 0 radical (unpaired) electrons. The first-order valence-corrected chi connectivity index (χ1v) is 14.7. The smallest absolute Gasteiger partial charge is 0.231 e. The van der Waals surface area contributed by atoms with E-state index in [9.17, 15) is 19.4 Å². The summed E-state index contributed by atoms with van der Waals surface area (Å²) in [4.78, 5) is 15.0. The van der Waals surface area contributed by atoms with E-state index in [-0.39, 0.29) is 11.5 Å². The van der Waals surface area contributed by atoms with Gasteiger partial charge in [-0.25, -0.2) is 4.39 Å². The van der Waals surface area contributed by atoms with Gasteiger partial charge in [0.25, 0.3) is 0 Å². The Bertz CT molecular complexity index is 1070. The third kappa shape index (κ3) is 8.36. The molecule has 6 heteroatoms. The zero-order valence-electron chi connectivity index (χ0n) is 23.4. The van der Waals surface area contributed by atoms with Crippen molar-refractivity contribution in [2.45, 2.75) is 109 Å². The molecule has 0 saturated carbocycles. The summed E-state index contributed by atoms with van der Waals surface area (Å²) in [6, 6.07) is 3.66. The number of rotatable bonds is 16. The lowest BCUT2D eigenvalue weighted by molar-refractivity contribution is -0.206. The summed E-state index contributed by atoms with van der Waals surface area (Å²) in [5.74, 6) is -2.73. The van der Waals surface area contributed by atoms with Crippen LogP contribution in [0.2, 0.25) is 0 Å². The van der Waals surface area contributed by atoms with Crippen LogP contribution in [-0.4, -0.2) is 45.2 Å². The Morgan fingerprint density at radius 1 is 1.03 bits per heavy atom. The van der Waals surface area contributed by atoms with Crippen molar-refractivity contribution >= 4 is 16.8 Å². The number of hydrogen-bond donors (Lipinski definition) is 2. The molecule has 1 fully saturated rings. The number of benzene rings is 1. The molecule has 1 aromatic heterocycles. The molecule has 210 valence electrons. The van der Waals surface area contributed by atoms with Gasteiger partial charge in [0.2, 0.25) is 11.7 Å². The molecule has 2 heterocycles. The molecule has 0 aliphatic carbocycles. The first-order valence-electron chi connectivity index (χ1n) is 14.7. The molecule has 0 amide bonds. The van der Waals surface area contributed by atoms with Gasteiger partial charge in [0.05, 0.1) is 11.6 Å². The maximum absolute atomic E-state index is 14.1. The number of fused-ring (bicyclic) bond motifs is 1. The molecule has 1 aliphatic rings. The zero-order valence-corrected chi connectivity index (χ0v) is 23.4. The predicted molar refractivity (Wildman–Crippen MR) is 154 cm³/mol. The lowest BCUT2D eigenvalue weighted by Crippen LogP contribution is -2.45. The first-order chi connectivity index (χ1) is 18.4. The van der Waals surface area contributed by atoms with Crippen LogP contribution in [0.25, 0.3) is 10.9 Å². The number of halogens is 1. The van der Waals surface area contributed by atoms with Crippen LogP contribution in [0, 0.1) is 5.82 Å². The number of allylic oxidation sites excluding steroid dienone is 4. The number of nitrogens with zero attached hydrogens (tertiary/aromatic N) is 2. The number of likely N-dealkylation sites (N-methyl/N-ethyl adjacent to an activating group) is 1. The Morgan fingerprint density at radius 3 is 2.39 bits per heavy atom. The van der Waals surface area contributed by atoms with E-state index in [1.54, 1.807) is 6.07 Å². The molecule has 3 rings (SSSR count). The lowest BCUT2D eigenvalue weighted by Gasteiger charge is -2.32. The molecule has 2 aromatic rings. The highest BCUT2D eigenvalue weighted by Gasteiger charge is 2.43. The molecule has 5 nitrogen and oxygen atoms in total. The number of unbranched alkanes of at least 4 members (excludes halogenated alkanes) is 8. The molecule has 1 aromatic carbocycles. The van der Waals surface area contributed by atoms with Gasteiger partial charge in [-0.15, -0.1) is 0 Å². The molecule has 1 atom stereocenters. The number of aromatic nitrogens is 1. The van der Waals surface area contributed by atoms with E-state index < -0.39 is 17.6 Å². The van der Waals surface area contributed by atoms with Crippen LogP contribution in [0.15, 0.2) is 48.7 Å². The fourth-order valence-electron chi connectivity index (χ4n) is 5.51. The minimum Gasteiger partial charge on any atom is -0.361 e. The van der Waals surface area contributed by atoms with Crippen LogP contribution in [0.5, 0.6) is 0 Å². The van der Waals surface area contributed by atoms with Crippen molar-refractivity contribution in [2.75, 3.05) is 13.6 Å². The van der Waals surface area contributed by atoms with Gasteiger partial charge in [-0.05, 0) is 83.2 Å². The van der Waals surface area contributed by atoms with Gasteiger partial charge in [-0.2, -0.15) is 0 Å². The summed E-state index contributed by atoms with van der Waals surface area (Å²) in [5.41, 5.74) is 0.709. The minimum atomic E-state index is -2.16. The Kier molecular flexibility index (Phi) is 12.2. The monoisotopic (exact) mass is 526 g/mol. The minimum absolute atomic E-state index is 0.103. The molecule has 2 N–H and O–H groups in total. The highest BCUT2D eigenvalue weighted by molar-refractivity contribution is 5.95. The Morgan fingerprint density at radius 2 is 1.71 bits per heavy atom. The molecular formula is C32H47FN2O3. The van der Waals surface area contributed by atoms with Crippen molar-refractivity contribution in [3.63, 3.8) is 0 Å². The maximum atomic E-state index is 14.1. The predicted octanol–water partition coefficient (Wildman–Crippen LogP) is 7.47. The van der Waals surface area contributed by atoms with E-state index in [2.05, 4.69) is 31.2 Å². The van der Waals surface area contributed by atoms with E-state index in [0.717, 1.165) is 57.9 Å². The van der Waals surface area contributed by atoms with E-state index in [1.807, 2.05) is 11.9 Å². The van der Waals surface area contributed by atoms with Crippen molar-refractivity contribution in [1.82, 2.24) is 9.47 Å². The summed E-state index contributed by atoms with van der Waals surface area (Å²) in [6.07, 6.45) is 24.7. The van der Waals surface area contributed by atoms with Gasteiger partial charge in [0, 0.05) is 23.6 Å². The topological polar surface area (TPSA) is 65.7 Å². The van der Waals surface area contributed by atoms with Gasteiger partial charge in [0.15, 0.2) is 0 Å². The molecule has 1 unspecified atom stereocenters. The standard InChI is InChI=1S/C32H47FN2O3/c1-3-4-5-6-7-8-9-10-11-12-13-14-15-16-17-20-31(36)35-25-28(27-24-26(33)21-22-29(27)35)32(37,38)30-19-18-23-34(30)2/h7-8,10-11,21-22,24-25,30,37-38H,3-6,9,12-20,23H2,1-2H3/b8-7-,11-10-. The Balaban J connectivity index is 1.44. The van der Waals surface area contributed by atoms with Crippen molar-refractivity contribution in [2.24, 2.45) is 0 Å². The average molecular weight is 527 g/mol. The van der Waals surface area contributed by atoms with Crippen LogP contribution >= 0.6 is 0 Å². The van der Waals surface area contributed by atoms with Gasteiger partial charge in [0.1, 0.15) is 5.82 Å². The van der Waals surface area contributed by atoms with E-state index in [0.29, 0.717) is 23.7 Å². The lowest BCUT2D eigenvalue weighted by atomic mass is 9.96. The third-order valence-corrected chi connectivity index (χ3v) is 7.76. The van der Waals surface area contributed by atoms with Gasteiger partial charge < -0.3 is 10.2 Å². The number of carbonyl (C=O) groups excluding carboxylic acids is 1. The quantitative estimate of drug-likeness (QED) is 0.135. The number of likely N-dealkylation sites (tertiary alicyclic amines) is 1. The zero-order chi connectivity index (χ0) is 27.4. The number of carbonyl (C=O) groups is 1. The fourth-order valence-corrected chi connectivity index (χ4v) is 5.51. The molecule has 0 bridgehead atoms. The SMILES string of the molecule is CCCCC/C=C\C/C=C\CCCCCCCC(=O)n1cc(C(O)(O)C2CCCN2C)c2cc(F)ccc21. The molecule has 1 saturated heterocycles. The molecule has 1 aliphatic heterocycles. The highest BCUT2D eigenvalue weighted by Crippen LogP contribution is 2.37. The van der Waals surface area contributed by atoms with E-state index >= 15 is 0 Å². The highest BCUT2D eigenvalue weighted by atomic mass is 19.1. The normalized spacial score (nSPS) is 17.0. The largest absolute Gasteiger partial charge is 0.361 e. The number of hydrogen-bond acceptors (Lipinski definition) is 4. The van der Waals surface area contributed by atoms with Gasteiger partial charge in [-0.3, -0.25) is 14.3 Å². The van der Waals surface area contributed by atoms with Gasteiger partial charge in [-0.1, -0.05) is 63.3 Å². The summed E-state index contributed by atoms with van der Waals surface area (Å²) in [7, 11) is 1.86. The second-order valence-electron chi connectivity index (χ2n) is 10.8. The van der Waals surface area contributed by atoms with Crippen molar-refractivity contribution in [3.05, 3.63) is 60.1 Å². The Hall–Kier alpha value is -2.28. The van der Waals surface area contributed by atoms with E-state index in [1.165, 1.54) is 48.6 Å². The first kappa shape index (κ1) is 30.3. The fraction of sp³-hybridized carbons (Fsp3) is 0.594. The average Bonchev–Trinajstić information content (AvgIpc) is 3.50. The summed E-state index contributed by atoms with van der Waals surface area (Å²) < 4.78 is 15.6. The van der Waals surface area contributed by atoms with Crippen molar-refractivity contribution in [3.8, 4) is 0 Å². The van der Waals surface area contributed by atoms with Crippen molar-refractivity contribution < 1.29 is 19.4 Å². The van der Waals surface area contributed by atoms with Crippen LogP contribution in [0.3, 0.4) is 0 Å². The second-order valence-corrected chi connectivity index (χ2v) is 10.8. The molecular weight excluding hydrogens is 479 g/mol. The Labute approximate surface area is 228 Å². The third-order valence-electron chi connectivity index (χ3n) is 7.76. The van der Waals surface area contributed by atoms with E-state index in [4.69, 9.17) is 0 Å². The second kappa shape index (κ2) is 15.3. The summed E-state index contributed by atoms with van der Waals surface area (Å²) >= 11 is 0. The molecule has 0 spiro atoms. The summed E-state index contributed by atoms with van der Waals surface area (Å²) in [6.45, 7) is 3.00. The van der Waals surface area contributed by atoms with Crippen molar-refractivity contribution in [1.29, 1.82) is 0 Å². The maximum Gasteiger partial charge on any atom is 0.231 e. The number of aliphatic hydroxyl groups is 2. The summed E-state index contributed by atoms with van der Waals surface area (Å²) in [5, 5.41) is 22.6. The van der Waals surface area contributed by atoms with Crippen LogP contribution in [0.1, 0.15) is 107 Å². The van der Waals surface area contributed by atoms with Crippen LogP contribution in [-0.2, 0) is 5.79 Å².